The highest BCUT2D eigenvalue weighted by atomic mass is 16.5. The molecule has 1 fully saturated rings. The maximum Gasteiger partial charge on any atom is 0.135 e. The lowest BCUT2D eigenvalue weighted by molar-refractivity contribution is 0.194. The van der Waals surface area contributed by atoms with Crippen LogP contribution in [0, 0.1) is 0 Å². The third-order valence-corrected chi connectivity index (χ3v) is 4.17. The second-order valence-corrected chi connectivity index (χ2v) is 5.95. The van der Waals surface area contributed by atoms with E-state index in [4.69, 9.17) is 9.15 Å². The Kier molecular flexibility index (Phi) is 4.25. The van der Waals surface area contributed by atoms with Gasteiger partial charge in [-0.2, -0.15) is 0 Å². The molecule has 1 aliphatic rings. The van der Waals surface area contributed by atoms with Gasteiger partial charge in [-0.15, -0.1) is 0 Å². The Morgan fingerprint density at radius 1 is 1.08 bits per heavy atom. The molecule has 0 bridgehead atoms. The zero-order chi connectivity index (χ0) is 16.2. The Labute approximate surface area is 140 Å². The van der Waals surface area contributed by atoms with Crippen molar-refractivity contribution in [1.82, 2.24) is 14.9 Å². The summed E-state index contributed by atoms with van der Waals surface area (Å²) >= 11 is 0. The third kappa shape index (κ3) is 3.46. The normalized spacial score (nSPS) is 17.9. The highest BCUT2D eigenvalue weighted by Gasteiger charge is 2.24. The first kappa shape index (κ1) is 14.9. The van der Waals surface area contributed by atoms with E-state index in [2.05, 4.69) is 14.9 Å². The SMILES string of the molecule is c1cncc(-c2ccc(CN3CC[C@H](Oc4ccncc4)C3)o2)c1. The van der Waals surface area contributed by atoms with Gasteiger partial charge in [-0.05, 0) is 42.8 Å². The van der Waals surface area contributed by atoms with Gasteiger partial charge in [0.15, 0.2) is 0 Å². The molecule has 5 nitrogen and oxygen atoms in total. The smallest absolute Gasteiger partial charge is 0.135 e. The Bertz CT molecular complexity index is 774. The summed E-state index contributed by atoms with van der Waals surface area (Å²) in [6, 6.07) is 11.8. The number of ether oxygens (including phenoxy) is 1. The molecule has 0 N–H and O–H groups in total. The van der Waals surface area contributed by atoms with Crippen molar-refractivity contribution in [1.29, 1.82) is 0 Å². The van der Waals surface area contributed by atoms with E-state index >= 15 is 0 Å². The number of hydrogen-bond donors (Lipinski definition) is 0. The van der Waals surface area contributed by atoms with Crippen molar-refractivity contribution in [3.8, 4) is 17.1 Å². The molecule has 4 rings (SSSR count). The predicted molar refractivity (Wildman–Crippen MR) is 90.5 cm³/mol. The highest BCUT2D eigenvalue weighted by Crippen LogP contribution is 2.24. The van der Waals surface area contributed by atoms with E-state index in [0.29, 0.717) is 0 Å². The summed E-state index contributed by atoms with van der Waals surface area (Å²) in [7, 11) is 0. The minimum absolute atomic E-state index is 0.222. The van der Waals surface area contributed by atoms with Gasteiger partial charge in [0.2, 0.25) is 0 Å². The number of likely N-dealkylation sites (tertiary alicyclic amines) is 1. The van der Waals surface area contributed by atoms with Crippen molar-refractivity contribution in [3.05, 3.63) is 66.9 Å². The van der Waals surface area contributed by atoms with Crippen LogP contribution in [0.3, 0.4) is 0 Å². The Balaban J connectivity index is 1.34. The lowest BCUT2D eigenvalue weighted by atomic mass is 10.2. The first-order chi connectivity index (χ1) is 11.9. The van der Waals surface area contributed by atoms with Crippen molar-refractivity contribution in [2.45, 2.75) is 19.1 Å². The molecule has 24 heavy (non-hydrogen) atoms. The molecule has 3 aromatic heterocycles. The van der Waals surface area contributed by atoms with Crippen LogP contribution in [0.2, 0.25) is 0 Å². The first-order valence-corrected chi connectivity index (χ1v) is 8.15. The van der Waals surface area contributed by atoms with Crippen molar-refractivity contribution in [2.24, 2.45) is 0 Å². The molecule has 0 unspecified atom stereocenters. The fraction of sp³-hybridized carbons (Fsp3) is 0.263. The van der Waals surface area contributed by atoms with E-state index in [0.717, 1.165) is 48.9 Å². The molecule has 122 valence electrons. The Morgan fingerprint density at radius 3 is 2.83 bits per heavy atom. The molecular weight excluding hydrogens is 302 g/mol. The van der Waals surface area contributed by atoms with Crippen LogP contribution in [0.25, 0.3) is 11.3 Å². The zero-order valence-corrected chi connectivity index (χ0v) is 13.3. The van der Waals surface area contributed by atoms with Gasteiger partial charge in [-0.1, -0.05) is 0 Å². The van der Waals surface area contributed by atoms with E-state index in [1.165, 1.54) is 0 Å². The quantitative estimate of drug-likeness (QED) is 0.721. The number of aromatic nitrogens is 2. The molecule has 1 saturated heterocycles. The minimum Gasteiger partial charge on any atom is -0.489 e. The number of rotatable bonds is 5. The zero-order valence-electron chi connectivity index (χ0n) is 13.3. The van der Waals surface area contributed by atoms with Gasteiger partial charge in [0.05, 0.1) is 6.54 Å². The van der Waals surface area contributed by atoms with Gasteiger partial charge in [0, 0.05) is 43.4 Å². The lowest BCUT2D eigenvalue weighted by Gasteiger charge is -2.15. The van der Waals surface area contributed by atoms with Crippen molar-refractivity contribution >= 4 is 0 Å². The summed E-state index contributed by atoms with van der Waals surface area (Å²) in [5.41, 5.74) is 1.00. The standard InChI is InChI=1S/C19H19N3O2/c1-2-15(12-21-8-1)19-4-3-17(24-19)13-22-11-7-18(14-22)23-16-5-9-20-10-6-16/h1-6,8-10,12,18H,7,11,13-14H2/t18-/m0/s1. The minimum atomic E-state index is 0.222. The number of hydrogen-bond acceptors (Lipinski definition) is 5. The topological polar surface area (TPSA) is 51.4 Å². The van der Waals surface area contributed by atoms with Crippen molar-refractivity contribution < 1.29 is 9.15 Å². The van der Waals surface area contributed by atoms with Crippen LogP contribution in [0.5, 0.6) is 5.75 Å². The molecule has 0 aliphatic carbocycles. The van der Waals surface area contributed by atoms with Crippen LogP contribution in [-0.2, 0) is 6.54 Å². The van der Waals surface area contributed by atoms with Crippen molar-refractivity contribution in [2.75, 3.05) is 13.1 Å². The van der Waals surface area contributed by atoms with Gasteiger partial charge in [-0.25, -0.2) is 0 Å². The molecule has 0 spiro atoms. The average Bonchev–Trinajstić information content (AvgIpc) is 3.27. The van der Waals surface area contributed by atoms with Crippen LogP contribution in [0.15, 0.2) is 65.6 Å². The van der Waals surface area contributed by atoms with E-state index in [9.17, 15) is 0 Å². The molecule has 4 heterocycles. The summed E-state index contributed by atoms with van der Waals surface area (Å²) in [4.78, 5) is 10.5. The molecule has 1 aliphatic heterocycles. The van der Waals surface area contributed by atoms with Gasteiger partial charge < -0.3 is 9.15 Å². The second kappa shape index (κ2) is 6.84. The average molecular weight is 321 g/mol. The van der Waals surface area contributed by atoms with Crippen LogP contribution >= 0.6 is 0 Å². The molecule has 0 radical (unpaired) electrons. The maximum absolute atomic E-state index is 6.00. The summed E-state index contributed by atoms with van der Waals surface area (Å²) < 4.78 is 12.0. The molecule has 5 heteroatoms. The lowest BCUT2D eigenvalue weighted by Crippen LogP contribution is -2.24. The van der Waals surface area contributed by atoms with Gasteiger partial charge in [0.1, 0.15) is 23.4 Å². The van der Waals surface area contributed by atoms with E-state index < -0.39 is 0 Å². The summed E-state index contributed by atoms with van der Waals surface area (Å²) in [5.74, 6) is 2.72. The van der Waals surface area contributed by atoms with Crippen molar-refractivity contribution in [3.63, 3.8) is 0 Å². The van der Waals surface area contributed by atoms with E-state index in [1.807, 2.05) is 42.6 Å². The number of pyridine rings is 2. The summed E-state index contributed by atoms with van der Waals surface area (Å²) in [5, 5.41) is 0. The highest BCUT2D eigenvalue weighted by molar-refractivity contribution is 5.55. The van der Waals surface area contributed by atoms with E-state index in [-0.39, 0.29) is 6.10 Å². The van der Waals surface area contributed by atoms with Crippen LogP contribution in [0.1, 0.15) is 12.2 Å². The summed E-state index contributed by atoms with van der Waals surface area (Å²) in [6.07, 6.45) is 8.34. The molecule has 0 aromatic carbocycles. The molecule has 0 saturated carbocycles. The van der Waals surface area contributed by atoms with Crippen LogP contribution in [0.4, 0.5) is 0 Å². The number of furan rings is 1. The maximum atomic E-state index is 6.00. The van der Waals surface area contributed by atoms with Gasteiger partial charge in [-0.3, -0.25) is 14.9 Å². The monoisotopic (exact) mass is 321 g/mol. The third-order valence-electron chi connectivity index (χ3n) is 4.17. The number of nitrogens with zero attached hydrogens (tertiary/aromatic N) is 3. The molecular formula is C19H19N3O2. The largest absolute Gasteiger partial charge is 0.489 e. The second-order valence-electron chi connectivity index (χ2n) is 5.95. The fourth-order valence-corrected chi connectivity index (χ4v) is 2.99. The summed E-state index contributed by atoms with van der Waals surface area (Å²) in [6.45, 7) is 2.72. The van der Waals surface area contributed by atoms with Crippen LogP contribution < -0.4 is 4.74 Å². The molecule has 0 amide bonds. The van der Waals surface area contributed by atoms with Gasteiger partial charge in [0.25, 0.3) is 0 Å². The predicted octanol–water partition coefficient (Wildman–Crippen LogP) is 3.39. The van der Waals surface area contributed by atoms with Crippen LogP contribution in [-0.4, -0.2) is 34.1 Å². The van der Waals surface area contributed by atoms with E-state index in [1.54, 1.807) is 18.6 Å². The van der Waals surface area contributed by atoms with Gasteiger partial charge >= 0.3 is 0 Å². The molecule has 3 aromatic rings. The fourth-order valence-electron chi connectivity index (χ4n) is 2.99. The Hall–Kier alpha value is -2.66. The molecule has 1 atom stereocenters. The first-order valence-electron chi connectivity index (χ1n) is 8.15. The Morgan fingerprint density at radius 2 is 2.00 bits per heavy atom.